The van der Waals surface area contributed by atoms with E-state index in [1.807, 2.05) is 26.0 Å². The number of fused-ring (bicyclic) bond motifs is 1. The van der Waals surface area contributed by atoms with Crippen molar-refractivity contribution in [2.75, 3.05) is 7.11 Å². The third-order valence-corrected chi connectivity index (χ3v) is 4.79. The van der Waals surface area contributed by atoms with E-state index in [0.717, 1.165) is 44.9 Å². The number of aromatic nitrogens is 4. The maximum Gasteiger partial charge on any atom is 0.213 e. The van der Waals surface area contributed by atoms with Gasteiger partial charge in [0.25, 0.3) is 0 Å². The first-order valence-corrected chi connectivity index (χ1v) is 8.40. The van der Waals surface area contributed by atoms with Crippen LogP contribution in [-0.2, 0) is 7.05 Å². The molecule has 4 aromatic rings. The van der Waals surface area contributed by atoms with Gasteiger partial charge >= 0.3 is 0 Å². The van der Waals surface area contributed by atoms with E-state index in [1.165, 1.54) is 5.69 Å². The van der Waals surface area contributed by atoms with Crippen LogP contribution in [0.5, 0.6) is 5.88 Å². The fourth-order valence-corrected chi connectivity index (χ4v) is 3.32. The minimum atomic E-state index is 0.563. The summed E-state index contributed by atoms with van der Waals surface area (Å²) in [6.45, 7) is 5.93. The first kappa shape index (κ1) is 16.3. The van der Waals surface area contributed by atoms with Gasteiger partial charge in [-0.25, -0.2) is 9.97 Å². The summed E-state index contributed by atoms with van der Waals surface area (Å²) < 4.78 is 12.8. The lowest BCUT2D eigenvalue weighted by Crippen LogP contribution is -1.95. The highest BCUT2D eigenvalue weighted by Crippen LogP contribution is 2.35. The van der Waals surface area contributed by atoms with Crippen molar-refractivity contribution in [3.8, 4) is 28.4 Å². The predicted octanol–water partition coefficient (Wildman–Crippen LogP) is 4.22. The molecular formula is C20H20N4O2. The van der Waals surface area contributed by atoms with Crippen LogP contribution in [0, 0.1) is 20.8 Å². The molecule has 0 N–H and O–H groups in total. The van der Waals surface area contributed by atoms with Crippen LogP contribution in [0.15, 0.2) is 35.0 Å². The predicted molar refractivity (Wildman–Crippen MR) is 100 cm³/mol. The van der Waals surface area contributed by atoms with E-state index in [9.17, 15) is 0 Å². The Labute approximate surface area is 151 Å². The van der Waals surface area contributed by atoms with Gasteiger partial charge in [-0.3, -0.25) is 0 Å². The van der Waals surface area contributed by atoms with Gasteiger partial charge in [-0.15, -0.1) is 0 Å². The van der Waals surface area contributed by atoms with Gasteiger partial charge in [0.05, 0.1) is 35.3 Å². The second-order valence-corrected chi connectivity index (χ2v) is 6.42. The number of rotatable bonds is 3. The van der Waals surface area contributed by atoms with Crippen LogP contribution in [0.2, 0.25) is 0 Å². The Morgan fingerprint density at radius 1 is 1.12 bits per heavy atom. The van der Waals surface area contributed by atoms with Crippen LogP contribution < -0.4 is 4.74 Å². The molecule has 0 spiro atoms. The Morgan fingerprint density at radius 2 is 1.92 bits per heavy atom. The monoisotopic (exact) mass is 348 g/mol. The number of hydrogen-bond acceptors (Lipinski definition) is 5. The SMILES string of the molecule is COc1cc(-c2nc(-c3c(C)noc3C)cc3c2cc(C)n3C)ccn1. The molecule has 0 amide bonds. The Morgan fingerprint density at radius 3 is 2.62 bits per heavy atom. The van der Waals surface area contributed by atoms with Crippen LogP contribution in [-0.4, -0.2) is 26.8 Å². The third kappa shape index (κ3) is 2.45. The normalized spacial score (nSPS) is 11.3. The number of aryl methyl sites for hydroxylation is 4. The molecule has 4 rings (SSSR count). The topological polar surface area (TPSA) is 66.0 Å². The van der Waals surface area contributed by atoms with E-state index in [-0.39, 0.29) is 0 Å². The smallest absolute Gasteiger partial charge is 0.213 e. The molecule has 0 aliphatic carbocycles. The number of nitrogens with zero attached hydrogens (tertiary/aromatic N) is 4. The fraction of sp³-hybridized carbons (Fsp3) is 0.250. The van der Waals surface area contributed by atoms with Crippen LogP contribution in [0.1, 0.15) is 17.1 Å². The molecule has 4 heterocycles. The molecule has 0 fully saturated rings. The molecule has 0 bridgehead atoms. The van der Waals surface area contributed by atoms with Gasteiger partial charge < -0.3 is 13.8 Å². The first-order chi connectivity index (χ1) is 12.5. The van der Waals surface area contributed by atoms with Crippen molar-refractivity contribution in [1.29, 1.82) is 0 Å². The molecule has 6 heteroatoms. The average molecular weight is 348 g/mol. The molecule has 0 saturated heterocycles. The number of ether oxygens (including phenoxy) is 1. The zero-order valence-corrected chi connectivity index (χ0v) is 15.5. The lowest BCUT2D eigenvalue weighted by atomic mass is 10.0. The van der Waals surface area contributed by atoms with Gasteiger partial charge in [-0.2, -0.15) is 0 Å². The van der Waals surface area contributed by atoms with Crippen molar-refractivity contribution in [1.82, 2.24) is 19.7 Å². The van der Waals surface area contributed by atoms with E-state index in [0.29, 0.717) is 5.88 Å². The molecule has 6 nitrogen and oxygen atoms in total. The molecule has 0 aromatic carbocycles. The van der Waals surface area contributed by atoms with Crippen molar-refractivity contribution < 1.29 is 9.26 Å². The van der Waals surface area contributed by atoms with Crippen molar-refractivity contribution in [2.24, 2.45) is 7.05 Å². The highest BCUT2D eigenvalue weighted by molar-refractivity contribution is 5.96. The average Bonchev–Trinajstić information content (AvgIpc) is 3.13. The van der Waals surface area contributed by atoms with Crippen molar-refractivity contribution in [3.63, 3.8) is 0 Å². The fourth-order valence-electron chi connectivity index (χ4n) is 3.32. The molecule has 0 aliphatic heterocycles. The van der Waals surface area contributed by atoms with Crippen LogP contribution in [0.25, 0.3) is 33.4 Å². The first-order valence-electron chi connectivity index (χ1n) is 8.40. The zero-order chi connectivity index (χ0) is 18.4. The summed E-state index contributed by atoms with van der Waals surface area (Å²) in [6, 6.07) is 8.10. The lowest BCUT2D eigenvalue weighted by Gasteiger charge is -2.09. The Balaban J connectivity index is 2.06. The van der Waals surface area contributed by atoms with Gasteiger partial charge in [-0.1, -0.05) is 5.16 Å². The quantitative estimate of drug-likeness (QED) is 0.554. The molecule has 0 atom stereocenters. The van der Waals surface area contributed by atoms with Crippen molar-refractivity contribution in [3.05, 3.63) is 47.6 Å². The molecule has 132 valence electrons. The number of methoxy groups -OCH3 is 1. The molecular weight excluding hydrogens is 328 g/mol. The van der Waals surface area contributed by atoms with Crippen molar-refractivity contribution >= 4 is 10.9 Å². The summed E-state index contributed by atoms with van der Waals surface area (Å²) in [6.07, 6.45) is 1.74. The zero-order valence-electron chi connectivity index (χ0n) is 15.5. The summed E-state index contributed by atoms with van der Waals surface area (Å²) in [5, 5.41) is 5.17. The Kier molecular flexibility index (Phi) is 3.76. The number of hydrogen-bond donors (Lipinski definition) is 0. The Bertz CT molecular complexity index is 1100. The van der Waals surface area contributed by atoms with Gasteiger partial charge in [0.2, 0.25) is 5.88 Å². The van der Waals surface area contributed by atoms with Crippen LogP contribution in [0.4, 0.5) is 0 Å². The van der Waals surface area contributed by atoms with Crippen molar-refractivity contribution in [2.45, 2.75) is 20.8 Å². The second-order valence-electron chi connectivity index (χ2n) is 6.42. The minimum Gasteiger partial charge on any atom is -0.481 e. The standard InChI is InChI=1S/C20H20N4O2/c1-11-8-15-17(24(11)4)10-16(19-12(2)23-26-13(19)3)22-20(15)14-6-7-21-18(9-14)25-5/h6-10H,1-5H3. The summed E-state index contributed by atoms with van der Waals surface area (Å²) in [4.78, 5) is 9.18. The molecule has 0 radical (unpaired) electrons. The van der Waals surface area contributed by atoms with Crippen LogP contribution >= 0.6 is 0 Å². The highest BCUT2D eigenvalue weighted by atomic mass is 16.5. The second kappa shape index (κ2) is 5.98. The molecule has 4 aromatic heterocycles. The van der Waals surface area contributed by atoms with E-state index < -0.39 is 0 Å². The van der Waals surface area contributed by atoms with Gasteiger partial charge in [0, 0.05) is 36.0 Å². The largest absolute Gasteiger partial charge is 0.481 e. The van der Waals surface area contributed by atoms with E-state index >= 15 is 0 Å². The summed E-state index contributed by atoms with van der Waals surface area (Å²) in [5.41, 5.74) is 6.74. The molecule has 0 saturated carbocycles. The van der Waals surface area contributed by atoms with E-state index in [1.54, 1.807) is 13.3 Å². The minimum absolute atomic E-state index is 0.563. The molecule has 26 heavy (non-hydrogen) atoms. The summed E-state index contributed by atoms with van der Waals surface area (Å²) >= 11 is 0. The van der Waals surface area contributed by atoms with Gasteiger partial charge in [-0.05, 0) is 39.0 Å². The summed E-state index contributed by atoms with van der Waals surface area (Å²) in [7, 11) is 3.67. The van der Waals surface area contributed by atoms with Gasteiger partial charge in [0.1, 0.15) is 5.76 Å². The molecule has 0 aliphatic rings. The number of pyridine rings is 2. The van der Waals surface area contributed by atoms with E-state index in [4.69, 9.17) is 14.2 Å². The molecule has 0 unspecified atom stereocenters. The maximum absolute atomic E-state index is 5.35. The maximum atomic E-state index is 5.35. The highest BCUT2D eigenvalue weighted by Gasteiger charge is 2.18. The van der Waals surface area contributed by atoms with Gasteiger partial charge in [0.15, 0.2) is 0 Å². The lowest BCUT2D eigenvalue weighted by molar-refractivity contribution is 0.393. The van der Waals surface area contributed by atoms with E-state index in [2.05, 4.69) is 40.8 Å². The Hall–Kier alpha value is -3.15. The third-order valence-electron chi connectivity index (χ3n) is 4.79. The summed E-state index contributed by atoms with van der Waals surface area (Å²) in [5.74, 6) is 1.33. The van der Waals surface area contributed by atoms with Crippen LogP contribution in [0.3, 0.4) is 0 Å².